The Hall–Kier alpha value is -2.68. The number of halogens is 3. The third-order valence-electron chi connectivity index (χ3n) is 5.46. The van der Waals surface area contributed by atoms with E-state index in [1.165, 1.54) is 17.8 Å². The molecule has 0 radical (unpaired) electrons. The SMILES string of the molecule is O=C1N[C@@H](C(=O)Nc2cc(F)c(N3CCCC3)c(F)c2)CS[C@H]1Cc1ccccc1F. The third kappa shape index (κ3) is 4.81. The number of nitrogens with one attached hydrogen (secondary N) is 2. The molecule has 2 N–H and O–H groups in total. The maximum Gasteiger partial charge on any atom is 0.247 e. The van der Waals surface area contributed by atoms with Crippen LogP contribution in [0.2, 0.25) is 0 Å². The minimum Gasteiger partial charge on any atom is -0.367 e. The van der Waals surface area contributed by atoms with Crippen molar-refractivity contribution >= 4 is 35.0 Å². The van der Waals surface area contributed by atoms with Crippen LogP contribution in [-0.2, 0) is 16.0 Å². The summed E-state index contributed by atoms with van der Waals surface area (Å²) >= 11 is 1.25. The number of rotatable bonds is 5. The molecular weight excluding hydrogens is 427 g/mol. The maximum absolute atomic E-state index is 14.5. The summed E-state index contributed by atoms with van der Waals surface area (Å²) in [4.78, 5) is 26.6. The molecule has 2 aromatic carbocycles. The Morgan fingerprint density at radius 3 is 2.42 bits per heavy atom. The van der Waals surface area contributed by atoms with Crippen molar-refractivity contribution in [1.82, 2.24) is 5.32 Å². The zero-order chi connectivity index (χ0) is 22.0. The zero-order valence-corrected chi connectivity index (χ0v) is 17.5. The second kappa shape index (κ2) is 9.21. The van der Waals surface area contributed by atoms with Crippen LogP contribution in [0.15, 0.2) is 36.4 Å². The van der Waals surface area contributed by atoms with Crippen molar-refractivity contribution < 1.29 is 22.8 Å². The van der Waals surface area contributed by atoms with Crippen LogP contribution in [0.25, 0.3) is 0 Å². The zero-order valence-electron chi connectivity index (χ0n) is 16.7. The largest absolute Gasteiger partial charge is 0.367 e. The Bertz CT molecular complexity index is 975. The predicted octanol–water partition coefficient (Wildman–Crippen LogP) is 3.49. The van der Waals surface area contributed by atoms with Gasteiger partial charge in [0.2, 0.25) is 11.8 Å². The molecule has 0 aromatic heterocycles. The van der Waals surface area contributed by atoms with E-state index in [0.717, 1.165) is 25.0 Å². The van der Waals surface area contributed by atoms with Crippen molar-refractivity contribution in [3.05, 3.63) is 59.4 Å². The molecule has 0 spiro atoms. The standard InChI is InChI=1S/C22H22F3N3O2S/c23-15-6-2-1-5-13(15)9-19-22(30)27-18(12-31-19)21(29)26-14-10-16(24)20(17(25)11-14)28-7-3-4-8-28/h1-2,5-6,10-11,18-19H,3-4,7-9,12H2,(H,26,29)(H,27,30)/t18-,19+/m1/s1. The summed E-state index contributed by atoms with van der Waals surface area (Å²) in [5.41, 5.74) is 0.353. The van der Waals surface area contributed by atoms with Crippen molar-refractivity contribution in [3.8, 4) is 0 Å². The van der Waals surface area contributed by atoms with Gasteiger partial charge in [0.15, 0.2) is 11.6 Å². The van der Waals surface area contributed by atoms with Crippen LogP contribution in [0.3, 0.4) is 0 Å². The van der Waals surface area contributed by atoms with Crippen molar-refractivity contribution in [2.45, 2.75) is 30.6 Å². The van der Waals surface area contributed by atoms with Gasteiger partial charge in [-0.2, -0.15) is 0 Å². The van der Waals surface area contributed by atoms with Gasteiger partial charge in [0.05, 0.1) is 5.25 Å². The molecule has 0 saturated carbocycles. The van der Waals surface area contributed by atoms with Gasteiger partial charge in [-0.15, -0.1) is 11.8 Å². The van der Waals surface area contributed by atoms with Gasteiger partial charge in [0, 0.05) is 24.5 Å². The smallest absolute Gasteiger partial charge is 0.247 e. The van der Waals surface area contributed by atoms with Gasteiger partial charge in [-0.25, -0.2) is 13.2 Å². The lowest BCUT2D eigenvalue weighted by molar-refractivity contribution is -0.126. The highest BCUT2D eigenvalue weighted by Crippen LogP contribution is 2.30. The normalized spacial score (nSPS) is 21.1. The van der Waals surface area contributed by atoms with Crippen LogP contribution in [0.4, 0.5) is 24.5 Å². The number of amides is 2. The molecule has 2 aliphatic heterocycles. The van der Waals surface area contributed by atoms with Gasteiger partial charge in [-0.05, 0) is 43.0 Å². The Morgan fingerprint density at radius 2 is 1.77 bits per heavy atom. The average Bonchev–Trinajstić information content (AvgIpc) is 3.24. The molecule has 31 heavy (non-hydrogen) atoms. The predicted molar refractivity (Wildman–Crippen MR) is 115 cm³/mol. The van der Waals surface area contributed by atoms with E-state index < -0.39 is 28.8 Å². The fraction of sp³-hybridized carbons (Fsp3) is 0.364. The Morgan fingerprint density at radius 1 is 1.10 bits per heavy atom. The minimum atomic E-state index is -0.848. The highest BCUT2D eigenvalue weighted by Gasteiger charge is 2.33. The second-order valence-electron chi connectivity index (χ2n) is 7.65. The van der Waals surface area contributed by atoms with Gasteiger partial charge < -0.3 is 15.5 Å². The highest BCUT2D eigenvalue weighted by atomic mass is 32.2. The monoisotopic (exact) mass is 449 g/mol. The number of carbonyl (C=O) groups excluding carboxylic acids is 2. The van der Waals surface area contributed by atoms with E-state index >= 15 is 0 Å². The molecule has 9 heteroatoms. The molecule has 2 amide bonds. The van der Waals surface area contributed by atoms with E-state index in [4.69, 9.17) is 0 Å². The van der Waals surface area contributed by atoms with E-state index in [-0.39, 0.29) is 35.3 Å². The first-order valence-corrected chi connectivity index (χ1v) is 11.2. The molecule has 2 aliphatic rings. The molecule has 0 bridgehead atoms. The van der Waals surface area contributed by atoms with E-state index in [9.17, 15) is 22.8 Å². The summed E-state index contributed by atoms with van der Waals surface area (Å²) in [6.45, 7) is 1.19. The molecule has 0 aliphatic carbocycles. The quantitative estimate of drug-likeness (QED) is 0.734. The molecule has 5 nitrogen and oxygen atoms in total. The lowest BCUT2D eigenvalue weighted by Crippen LogP contribution is -2.52. The summed E-state index contributed by atoms with van der Waals surface area (Å²) in [6, 6.07) is 7.57. The maximum atomic E-state index is 14.5. The molecular formula is C22H22F3N3O2S. The highest BCUT2D eigenvalue weighted by molar-refractivity contribution is 8.00. The van der Waals surface area contributed by atoms with Crippen LogP contribution < -0.4 is 15.5 Å². The van der Waals surface area contributed by atoms with Gasteiger partial charge in [-0.1, -0.05) is 18.2 Å². The van der Waals surface area contributed by atoms with Crippen LogP contribution in [0.1, 0.15) is 18.4 Å². The van der Waals surface area contributed by atoms with Crippen LogP contribution in [0, 0.1) is 17.5 Å². The van der Waals surface area contributed by atoms with Crippen LogP contribution in [0.5, 0.6) is 0 Å². The Kier molecular flexibility index (Phi) is 6.41. The summed E-state index contributed by atoms with van der Waals surface area (Å²) in [6.07, 6.45) is 1.98. The molecule has 2 atom stereocenters. The van der Waals surface area contributed by atoms with Crippen LogP contribution in [-0.4, -0.2) is 41.9 Å². The first-order chi connectivity index (χ1) is 14.9. The number of hydrogen-bond acceptors (Lipinski definition) is 4. The molecule has 2 aromatic rings. The molecule has 2 fully saturated rings. The summed E-state index contributed by atoms with van der Waals surface area (Å²) in [5, 5.41) is 4.58. The van der Waals surface area contributed by atoms with E-state index in [0.29, 0.717) is 18.7 Å². The molecule has 2 saturated heterocycles. The first-order valence-electron chi connectivity index (χ1n) is 10.1. The Balaban J connectivity index is 1.37. The van der Waals surface area contributed by atoms with Crippen molar-refractivity contribution in [2.24, 2.45) is 0 Å². The minimum absolute atomic E-state index is 0.00400. The average molecular weight is 449 g/mol. The topological polar surface area (TPSA) is 61.4 Å². The third-order valence-corrected chi connectivity index (χ3v) is 6.77. The lowest BCUT2D eigenvalue weighted by Gasteiger charge is -2.28. The number of carbonyl (C=O) groups is 2. The van der Waals surface area contributed by atoms with E-state index in [2.05, 4.69) is 10.6 Å². The molecule has 164 valence electrons. The first kappa shape index (κ1) is 21.5. The van der Waals surface area contributed by atoms with Crippen LogP contribution >= 0.6 is 11.8 Å². The summed E-state index contributed by atoms with van der Waals surface area (Å²) in [5.74, 6) is -2.50. The van der Waals surface area contributed by atoms with E-state index in [1.54, 1.807) is 23.1 Å². The number of thioether (sulfide) groups is 1. The number of hydrogen-bond donors (Lipinski definition) is 2. The molecule has 4 rings (SSSR count). The summed E-state index contributed by atoms with van der Waals surface area (Å²) in [7, 11) is 0. The van der Waals surface area contributed by atoms with E-state index in [1.807, 2.05) is 0 Å². The van der Waals surface area contributed by atoms with Gasteiger partial charge in [0.25, 0.3) is 0 Å². The molecule has 0 unspecified atom stereocenters. The van der Waals surface area contributed by atoms with Gasteiger partial charge >= 0.3 is 0 Å². The lowest BCUT2D eigenvalue weighted by atomic mass is 10.1. The van der Waals surface area contributed by atoms with Gasteiger partial charge in [0.1, 0.15) is 17.5 Å². The fourth-order valence-electron chi connectivity index (χ4n) is 3.86. The Labute approximate surface area is 182 Å². The number of nitrogens with zero attached hydrogens (tertiary/aromatic N) is 1. The summed E-state index contributed by atoms with van der Waals surface area (Å²) < 4.78 is 42.8. The van der Waals surface area contributed by atoms with Crippen molar-refractivity contribution in [3.63, 3.8) is 0 Å². The van der Waals surface area contributed by atoms with Crippen molar-refractivity contribution in [1.29, 1.82) is 0 Å². The second-order valence-corrected chi connectivity index (χ2v) is 8.89. The number of benzene rings is 2. The van der Waals surface area contributed by atoms with Crippen molar-refractivity contribution in [2.75, 3.05) is 29.1 Å². The van der Waals surface area contributed by atoms with Gasteiger partial charge in [-0.3, -0.25) is 9.59 Å². The molecule has 2 heterocycles. The fourth-order valence-corrected chi connectivity index (χ4v) is 5.04. The number of anilines is 2.